The monoisotopic (exact) mass is 170 g/mol. The van der Waals surface area contributed by atoms with Gasteiger partial charge in [-0.25, -0.2) is 0 Å². The van der Waals surface area contributed by atoms with E-state index in [9.17, 15) is 0 Å². The molecule has 1 aliphatic heterocycles. The SMILES string of the molecule is CN1CC(C)(C)N(C)C(C)(C)C1. The molecule has 0 radical (unpaired) electrons. The van der Waals surface area contributed by atoms with E-state index in [4.69, 9.17) is 0 Å². The van der Waals surface area contributed by atoms with Crippen LogP contribution in [0.4, 0.5) is 0 Å². The molecule has 2 heteroatoms. The number of hydrogen-bond donors (Lipinski definition) is 0. The number of nitrogens with zero attached hydrogens (tertiary/aromatic N) is 2. The summed E-state index contributed by atoms with van der Waals surface area (Å²) < 4.78 is 0. The van der Waals surface area contributed by atoms with Crippen molar-refractivity contribution in [3.63, 3.8) is 0 Å². The van der Waals surface area contributed by atoms with Crippen molar-refractivity contribution in [2.45, 2.75) is 38.8 Å². The van der Waals surface area contributed by atoms with Gasteiger partial charge in [0.05, 0.1) is 0 Å². The minimum Gasteiger partial charge on any atom is -0.303 e. The summed E-state index contributed by atoms with van der Waals surface area (Å²) in [4.78, 5) is 4.90. The second-order valence-electron chi connectivity index (χ2n) is 5.36. The Morgan fingerprint density at radius 1 is 0.833 bits per heavy atom. The fourth-order valence-electron chi connectivity index (χ4n) is 2.41. The van der Waals surface area contributed by atoms with Gasteiger partial charge in [0, 0.05) is 24.2 Å². The molecule has 0 unspecified atom stereocenters. The van der Waals surface area contributed by atoms with Crippen molar-refractivity contribution < 1.29 is 0 Å². The van der Waals surface area contributed by atoms with Crippen molar-refractivity contribution >= 4 is 0 Å². The van der Waals surface area contributed by atoms with E-state index < -0.39 is 0 Å². The number of rotatable bonds is 0. The van der Waals surface area contributed by atoms with Gasteiger partial charge in [0.2, 0.25) is 0 Å². The summed E-state index contributed by atoms with van der Waals surface area (Å²) in [7, 11) is 4.43. The molecule has 1 fully saturated rings. The summed E-state index contributed by atoms with van der Waals surface area (Å²) in [5.41, 5.74) is 0.604. The van der Waals surface area contributed by atoms with Gasteiger partial charge in [-0.2, -0.15) is 0 Å². The first-order valence-corrected chi connectivity index (χ1v) is 4.68. The molecule has 0 N–H and O–H groups in total. The molecule has 0 aromatic rings. The van der Waals surface area contributed by atoms with Gasteiger partial charge >= 0.3 is 0 Å². The Morgan fingerprint density at radius 3 is 1.50 bits per heavy atom. The van der Waals surface area contributed by atoms with Crippen LogP contribution in [0.15, 0.2) is 0 Å². The van der Waals surface area contributed by atoms with Crippen molar-refractivity contribution in [1.29, 1.82) is 0 Å². The quantitative estimate of drug-likeness (QED) is 0.542. The van der Waals surface area contributed by atoms with Crippen molar-refractivity contribution in [3.05, 3.63) is 0 Å². The van der Waals surface area contributed by atoms with Crippen molar-refractivity contribution in [1.82, 2.24) is 9.80 Å². The summed E-state index contributed by atoms with van der Waals surface area (Å²) >= 11 is 0. The Kier molecular flexibility index (Phi) is 2.26. The zero-order valence-electron chi connectivity index (χ0n) is 9.31. The van der Waals surface area contributed by atoms with Crippen LogP contribution < -0.4 is 0 Å². The highest BCUT2D eigenvalue weighted by Gasteiger charge is 2.40. The molecule has 1 heterocycles. The molecule has 72 valence electrons. The average Bonchev–Trinajstić information content (AvgIpc) is 1.80. The van der Waals surface area contributed by atoms with Crippen molar-refractivity contribution in [2.24, 2.45) is 0 Å². The topological polar surface area (TPSA) is 6.48 Å². The molecule has 2 nitrogen and oxygen atoms in total. The van der Waals surface area contributed by atoms with Crippen LogP contribution in [-0.4, -0.2) is 48.1 Å². The molecule has 0 aromatic heterocycles. The normalized spacial score (nSPS) is 30.5. The Bertz CT molecular complexity index is 155. The lowest BCUT2D eigenvalue weighted by Crippen LogP contribution is -2.66. The van der Waals surface area contributed by atoms with E-state index in [1.165, 1.54) is 0 Å². The predicted molar refractivity (Wildman–Crippen MR) is 53.4 cm³/mol. The molecule has 0 saturated carbocycles. The molecule has 0 atom stereocenters. The maximum absolute atomic E-state index is 2.49. The Hall–Kier alpha value is -0.0800. The number of hydrogen-bond acceptors (Lipinski definition) is 2. The van der Waals surface area contributed by atoms with Gasteiger partial charge in [-0.1, -0.05) is 0 Å². The summed E-state index contributed by atoms with van der Waals surface area (Å²) in [6.45, 7) is 11.6. The minimum atomic E-state index is 0.302. The van der Waals surface area contributed by atoms with Gasteiger partial charge in [0.1, 0.15) is 0 Å². The van der Waals surface area contributed by atoms with Gasteiger partial charge < -0.3 is 4.90 Å². The molecule has 1 saturated heterocycles. The van der Waals surface area contributed by atoms with E-state index >= 15 is 0 Å². The van der Waals surface area contributed by atoms with Crippen LogP contribution in [0.3, 0.4) is 0 Å². The first kappa shape index (κ1) is 10.0. The zero-order chi connectivity index (χ0) is 9.57. The third-order valence-corrected chi connectivity index (χ3v) is 3.13. The zero-order valence-corrected chi connectivity index (χ0v) is 9.31. The molecule has 0 aliphatic carbocycles. The molecule has 0 amide bonds. The van der Waals surface area contributed by atoms with Crippen molar-refractivity contribution in [3.8, 4) is 0 Å². The highest BCUT2D eigenvalue weighted by atomic mass is 15.3. The van der Waals surface area contributed by atoms with Crippen LogP contribution in [0.2, 0.25) is 0 Å². The smallest absolute Gasteiger partial charge is 0.0282 e. The van der Waals surface area contributed by atoms with Gasteiger partial charge in [-0.3, -0.25) is 4.90 Å². The lowest BCUT2D eigenvalue weighted by Gasteiger charge is -2.54. The summed E-state index contributed by atoms with van der Waals surface area (Å²) in [5, 5.41) is 0. The van der Waals surface area contributed by atoms with E-state index in [2.05, 4.69) is 51.6 Å². The first-order valence-electron chi connectivity index (χ1n) is 4.68. The predicted octanol–water partition coefficient (Wildman–Crippen LogP) is 1.42. The summed E-state index contributed by atoms with van der Waals surface area (Å²) in [6.07, 6.45) is 0. The maximum atomic E-state index is 2.49. The Morgan fingerprint density at radius 2 is 1.17 bits per heavy atom. The lowest BCUT2D eigenvalue weighted by molar-refractivity contribution is -0.0406. The molecule has 1 aliphatic rings. The number of likely N-dealkylation sites (N-methyl/N-ethyl adjacent to an activating group) is 2. The van der Waals surface area contributed by atoms with E-state index in [0.717, 1.165) is 13.1 Å². The van der Waals surface area contributed by atoms with E-state index in [1.807, 2.05) is 0 Å². The Labute approximate surface area is 76.5 Å². The van der Waals surface area contributed by atoms with Crippen LogP contribution in [0.25, 0.3) is 0 Å². The van der Waals surface area contributed by atoms with Crippen LogP contribution >= 0.6 is 0 Å². The van der Waals surface area contributed by atoms with Crippen molar-refractivity contribution in [2.75, 3.05) is 27.2 Å². The molecule has 0 bridgehead atoms. The van der Waals surface area contributed by atoms with Crippen LogP contribution in [0.5, 0.6) is 0 Å². The van der Waals surface area contributed by atoms with Crippen LogP contribution in [0.1, 0.15) is 27.7 Å². The summed E-state index contributed by atoms with van der Waals surface area (Å²) in [5.74, 6) is 0. The number of piperazine rings is 1. The average molecular weight is 170 g/mol. The third kappa shape index (κ3) is 1.64. The molecule has 12 heavy (non-hydrogen) atoms. The largest absolute Gasteiger partial charge is 0.303 e. The molecule has 0 spiro atoms. The van der Waals surface area contributed by atoms with Gasteiger partial charge in [-0.15, -0.1) is 0 Å². The third-order valence-electron chi connectivity index (χ3n) is 3.13. The van der Waals surface area contributed by atoms with E-state index in [0.29, 0.717) is 11.1 Å². The minimum absolute atomic E-state index is 0.302. The standard InChI is InChI=1S/C10H22N2/c1-9(2)7-11(5)8-10(3,4)12(9)6/h7-8H2,1-6H3. The molecular formula is C10H22N2. The van der Waals surface area contributed by atoms with Crippen LogP contribution in [-0.2, 0) is 0 Å². The Balaban J connectivity index is 2.84. The van der Waals surface area contributed by atoms with Gasteiger partial charge in [0.25, 0.3) is 0 Å². The fraction of sp³-hybridized carbons (Fsp3) is 1.00. The molecular weight excluding hydrogens is 148 g/mol. The molecule has 0 aromatic carbocycles. The van der Waals surface area contributed by atoms with E-state index in [1.54, 1.807) is 0 Å². The second-order valence-corrected chi connectivity index (χ2v) is 5.36. The lowest BCUT2D eigenvalue weighted by atomic mass is 9.89. The van der Waals surface area contributed by atoms with Gasteiger partial charge in [0.15, 0.2) is 0 Å². The fourth-order valence-corrected chi connectivity index (χ4v) is 2.41. The second kappa shape index (κ2) is 2.71. The van der Waals surface area contributed by atoms with E-state index in [-0.39, 0.29) is 0 Å². The highest BCUT2D eigenvalue weighted by Crippen LogP contribution is 2.29. The maximum Gasteiger partial charge on any atom is 0.0282 e. The highest BCUT2D eigenvalue weighted by molar-refractivity contribution is 4.98. The van der Waals surface area contributed by atoms with Gasteiger partial charge in [-0.05, 0) is 41.8 Å². The summed E-state index contributed by atoms with van der Waals surface area (Å²) in [6, 6.07) is 0. The molecule has 1 rings (SSSR count). The van der Waals surface area contributed by atoms with Crippen LogP contribution in [0, 0.1) is 0 Å². The first-order chi connectivity index (χ1) is 5.26.